The molecule has 1 heterocycles. The molecule has 0 aliphatic carbocycles. The molecule has 0 radical (unpaired) electrons. The maximum Gasteiger partial charge on any atom is 0.215 e. The first-order valence-corrected chi connectivity index (χ1v) is 9.64. The van der Waals surface area contributed by atoms with Gasteiger partial charge in [0, 0.05) is 24.0 Å². The van der Waals surface area contributed by atoms with Crippen LogP contribution in [0.5, 0.6) is 0 Å². The van der Waals surface area contributed by atoms with Crippen molar-refractivity contribution in [3.63, 3.8) is 0 Å². The standard InChI is InChI=1S/C18H26N2O2S/c1-14(2)20-15(3)12-18(16(20)4)10-11-19-23(21,22)13-17-8-6-5-7-9-17/h5-9,12,14,19H,10-11,13H2,1-4H3. The maximum absolute atomic E-state index is 12.1. The van der Waals surface area contributed by atoms with Crippen molar-refractivity contribution in [3.05, 3.63) is 58.9 Å². The third kappa shape index (κ3) is 4.69. The van der Waals surface area contributed by atoms with Gasteiger partial charge in [-0.3, -0.25) is 0 Å². The molecule has 0 aliphatic rings. The fourth-order valence-electron chi connectivity index (χ4n) is 3.08. The summed E-state index contributed by atoms with van der Waals surface area (Å²) in [6.45, 7) is 8.94. The Balaban J connectivity index is 1.96. The molecule has 0 saturated heterocycles. The normalized spacial score (nSPS) is 12.0. The number of hydrogen-bond acceptors (Lipinski definition) is 2. The Morgan fingerprint density at radius 3 is 2.35 bits per heavy atom. The molecule has 23 heavy (non-hydrogen) atoms. The van der Waals surface area contributed by atoms with E-state index in [1.807, 2.05) is 30.3 Å². The Morgan fingerprint density at radius 2 is 1.78 bits per heavy atom. The summed E-state index contributed by atoms with van der Waals surface area (Å²) in [6.07, 6.45) is 0.709. The monoisotopic (exact) mass is 334 g/mol. The van der Waals surface area contributed by atoms with Gasteiger partial charge in [-0.2, -0.15) is 0 Å². The van der Waals surface area contributed by atoms with Gasteiger partial charge in [0.25, 0.3) is 0 Å². The predicted octanol–water partition coefficient (Wildman–Crippen LogP) is 3.35. The van der Waals surface area contributed by atoms with E-state index >= 15 is 0 Å². The van der Waals surface area contributed by atoms with E-state index in [9.17, 15) is 8.42 Å². The van der Waals surface area contributed by atoms with Crippen LogP contribution in [0.25, 0.3) is 0 Å². The number of nitrogens with zero attached hydrogens (tertiary/aromatic N) is 1. The number of sulfonamides is 1. The minimum absolute atomic E-state index is 0.0266. The highest BCUT2D eigenvalue weighted by molar-refractivity contribution is 7.88. The number of hydrogen-bond donors (Lipinski definition) is 1. The highest BCUT2D eigenvalue weighted by atomic mass is 32.2. The van der Waals surface area contributed by atoms with Crippen LogP contribution in [0.3, 0.4) is 0 Å². The molecule has 2 aromatic rings. The van der Waals surface area contributed by atoms with Gasteiger partial charge >= 0.3 is 0 Å². The first-order chi connectivity index (χ1) is 10.8. The minimum Gasteiger partial charge on any atom is -0.346 e. The van der Waals surface area contributed by atoms with Crippen molar-refractivity contribution >= 4 is 10.0 Å². The minimum atomic E-state index is -3.29. The van der Waals surface area contributed by atoms with Crippen LogP contribution in [-0.2, 0) is 22.2 Å². The number of nitrogens with one attached hydrogen (secondary N) is 1. The molecule has 0 spiro atoms. The van der Waals surface area contributed by atoms with Crippen LogP contribution in [-0.4, -0.2) is 19.5 Å². The molecule has 0 amide bonds. The summed E-state index contributed by atoms with van der Waals surface area (Å²) in [5.41, 5.74) is 4.45. The molecule has 2 rings (SSSR count). The molecule has 0 saturated carbocycles. The zero-order valence-electron chi connectivity index (χ0n) is 14.3. The number of aromatic nitrogens is 1. The Labute approximate surface area is 139 Å². The van der Waals surface area contributed by atoms with Gasteiger partial charge < -0.3 is 4.57 Å². The maximum atomic E-state index is 12.1. The lowest BCUT2D eigenvalue weighted by atomic mass is 10.2. The third-order valence-corrected chi connectivity index (χ3v) is 5.38. The summed E-state index contributed by atoms with van der Waals surface area (Å²) in [6, 6.07) is 11.8. The fraction of sp³-hybridized carbons (Fsp3) is 0.444. The van der Waals surface area contributed by atoms with Crippen LogP contribution in [0.15, 0.2) is 36.4 Å². The molecule has 1 aromatic heterocycles. The van der Waals surface area contributed by atoms with Gasteiger partial charge in [0.2, 0.25) is 10.0 Å². The number of benzene rings is 1. The van der Waals surface area contributed by atoms with Crippen molar-refractivity contribution in [1.29, 1.82) is 0 Å². The van der Waals surface area contributed by atoms with Crippen molar-refractivity contribution < 1.29 is 8.42 Å². The summed E-state index contributed by atoms with van der Waals surface area (Å²) in [5.74, 6) is 0.0266. The van der Waals surface area contributed by atoms with Crippen molar-refractivity contribution in [2.45, 2.75) is 45.9 Å². The zero-order chi connectivity index (χ0) is 17.0. The third-order valence-electron chi connectivity index (χ3n) is 4.02. The summed E-state index contributed by atoms with van der Waals surface area (Å²) in [7, 11) is -3.29. The van der Waals surface area contributed by atoms with Crippen molar-refractivity contribution in [2.24, 2.45) is 0 Å². The number of rotatable bonds is 7. The lowest BCUT2D eigenvalue weighted by Gasteiger charge is -2.14. The van der Waals surface area contributed by atoms with Crippen LogP contribution in [0.1, 0.15) is 42.4 Å². The molecule has 4 nitrogen and oxygen atoms in total. The van der Waals surface area contributed by atoms with Crippen molar-refractivity contribution in [3.8, 4) is 0 Å². The molecule has 0 aliphatic heterocycles. The second kappa shape index (κ2) is 7.32. The van der Waals surface area contributed by atoms with Gasteiger partial charge in [0.15, 0.2) is 0 Å². The van der Waals surface area contributed by atoms with E-state index in [-0.39, 0.29) is 5.75 Å². The Bertz CT molecular complexity index is 747. The van der Waals surface area contributed by atoms with Gasteiger partial charge in [-0.15, -0.1) is 0 Å². The van der Waals surface area contributed by atoms with Gasteiger partial charge in [-0.25, -0.2) is 13.1 Å². The van der Waals surface area contributed by atoms with Crippen LogP contribution >= 0.6 is 0 Å². The van der Waals surface area contributed by atoms with E-state index in [4.69, 9.17) is 0 Å². The SMILES string of the molecule is Cc1cc(CCNS(=O)(=O)Cc2ccccc2)c(C)n1C(C)C. The van der Waals surface area contributed by atoms with Gasteiger partial charge in [0.1, 0.15) is 0 Å². The molecule has 0 atom stereocenters. The molecule has 1 aromatic carbocycles. The summed E-state index contributed by atoms with van der Waals surface area (Å²) < 4.78 is 29.3. The average molecular weight is 334 g/mol. The molecule has 126 valence electrons. The van der Waals surface area contributed by atoms with E-state index < -0.39 is 10.0 Å². The van der Waals surface area contributed by atoms with Crippen LogP contribution in [0.4, 0.5) is 0 Å². The summed E-state index contributed by atoms with van der Waals surface area (Å²) in [4.78, 5) is 0. The molecule has 0 fully saturated rings. The number of aryl methyl sites for hydroxylation is 1. The van der Waals surface area contributed by atoms with Crippen molar-refractivity contribution in [2.75, 3.05) is 6.54 Å². The van der Waals surface area contributed by atoms with E-state index in [2.05, 4.69) is 43.1 Å². The van der Waals surface area contributed by atoms with E-state index in [0.717, 1.165) is 5.56 Å². The second-order valence-electron chi connectivity index (χ2n) is 6.25. The summed E-state index contributed by atoms with van der Waals surface area (Å²) >= 11 is 0. The molecule has 0 bridgehead atoms. The molecular formula is C18H26N2O2S. The Morgan fingerprint density at radius 1 is 1.13 bits per heavy atom. The molecule has 5 heteroatoms. The van der Waals surface area contributed by atoms with Crippen LogP contribution in [0.2, 0.25) is 0 Å². The van der Waals surface area contributed by atoms with Crippen molar-refractivity contribution in [1.82, 2.24) is 9.29 Å². The fourth-order valence-corrected chi connectivity index (χ4v) is 4.23. The Kier molecular flexibility index (Phi) is 5.65. The van der Waals surface area contributed by atoms with E-state index in [0.29, 0.717) is 19.0 Å². The highest BCUT2D eigenvalue weighted by Gasteiger charge is 2.14. The Hall–Kier alpha value is -1.59. The van der Waals surface area contributed by atoms with E-state index in [1.54, 1.807) is 0 Å². The molecule has 1 N–H and O–H groups in total. The van der Waals surface area contributed by atoms with E-state index in [1.165, 1.54) is 17.0 Å². The first kappa shape index (κ1) is 17.8. The smallest absolute Gasteiger partial charge is 0.215 e. The van der Waals surface area contributed by atoms with Crippen LogP contribution in [0, 0.1) is 13.8 Å². The quantitative estimate of drug-likeness (QED) is 0.844. The van der Waals surface area contributed by atoms with Crippen LogP contribution < -0.4 is 4.72 Å². The molecule has 0 unspecified atom stereocenters. The van der Waals surface area contributed by atoms with Gasteiger partial charge in [-0.1, -0.05) is 30.3 Å². The highest BCUT2D eigenvalue weighted by Crippen LogP contribution is 2.20. The summed E-state index contributed by atoms with van der Waals surface area (Å²) in [5, 5.41) is 0. The second-order valence-corrected chi connectivity index (χ2v) is 8.06. The lowest BCUT2D eigenvalue weighted by Crippen LogP contribution is -2.27. The van der Waals surface area contributed by atoms with Gasteiger partial charge in [0.05, 0.1) is 5.75 Å². The molecular weight excluding hydrogens is 308 g/mol. The largest absolute Gasteiger partial charge is 0.346 e. The predicted molar refractivity (Wildman–Crippen MR) is 95.1 cm³/mol. The average Bonchev–Trinajstić information content (AvgIpc) is 2.74. The lowest BCUT2D eigenvalue weighted by molar-refractivity contribution is 0.570. The first-order valence-electron chi connectivity index (χ1n) is 7.98. The zero-order valence-corrected chi connectivity index (χ0v) is 15.2. The topological polar surface area (TPSA) is 51.1 Å². The van der Waals surface area contributed by atoms with Gasteiger partial charge in [-0.05, 0) is 51.3 Å².